The average molecular weight is 167 g/mol. The topological polar surface area (TPSA) is 12.0 Å². The average Bonchev–Trinajstić information content (AvgIpc) is 2.45. The third kappa shape index (κ3) is 1.28. The molecule has 1 N–H and O–H groups in total. The lowest BCUT2D eigenvalue weighted by molar-refractivity contribution is 0.235. The molecule has 0 aromatic carbocycles. The largest absolute Gasteiger partial charge is 0.314 e. The van der Waals surface area contributed by atoms with Crippen LogP contribution in [0, 0.1) is 11.8 Å². The van der Waals surface area contributed by atoms with Crippen LogP contribution in [0.25, 0.3) is 0 Å². The molecule has 2 rings (SSSR count). The second-order valence-electron chi connectivity index (χ2n) is 4.94. The maximum atomic E-state index is 3.55. The van der Waals surface area contributed by atoms with E-state index in [-0.39, 0.29) is 0 Å². The predicted octanol–water partition coefficient (Wildman–Crippen LogP) is 2.56. The summed E-state index contributed by atoms with van der Waals surface area (Å²) in [4.78, 5) is 0. The fraction of sp³-hybridized carbons (Fsp3) is 1.00. The maximum Gasteiger partial charge on any atom is 0.0178 e. The maximum absolute atomic E-state index is 3.55. The van der Waals surface area contributed by atoms with Crippen LogP contribution in [0.2, 0.25) is 0 Å². The first-order valence-corrected chi connectivity index (χ1v) is 5.43. The number of hydrogen-bond acceptors (Lipinski definition) is 1. The Morgan fingerprint density at radius 1 is 1.25 bits per heavy atom. The summed E-state index contributed by atoms with van der Waals surface area (Å²) in [6.45, 7) is 2.42. The van der Waals surface area contributed by atoms with Crippen molar-refractivity contribution < 1.29 is 0 Å². The highest BCUT2D eigenvalue weighted by Gasteiger charge is 2.40. The van der Waals surface area contributed by atoms with E-state index in [9.17, 15) is 0 Å². The van der Waals surface area contributed by atoms with E-state index in [4.69, 9.17) is 0 Å². The van der Waals surface area contributed by atoms with Crippen LogP contribution in [-0.2, 0) is 0 Å². The smallest absolute Gasteiger partial charge is 0.0178 e. The SMILES string of the molecule is CNC1(C)CCCC2CCC1C2. The summed E-state index contributed by atoms with van der Waals surface area (Å²) >= 11 is 0. The molecule has 0 aromatic rings. The lowest BCUT2D eigenvalue weighted by Gasteiger charge is -2.34. The van der Waals surface area contributed by atoms with Gasteiger partial charge >= 0.3 is 0 Å². The molecular weight excluding hydrogens is 146 g/mol. The van der Waals surface area contributed by atoms with Crippen LogP contribution >= 0.6 is 0 Å². The van der Waals surface area contributed by atoms with E-state index < -0.39 is 0 Å². The summed E-state index contributed by atoms with van der Waals surface area (Å²) in [5.74, 6) is 2.04. The number of nitrogens with one attached hydrogen (secondary N) is 1. The van der Waals surface area contributed by atoms with Crippen molar-refractivity contribution in [2.45, 2.75) is 51.0 Å². The highest BCUT2D eigenvalue weighted by Crippen LogP contribution is 2.45. The van der Waals surface area contributed by atoms with Gasteiger partial charge in [-0.05, 0) is 45.1 Å². The Morgan fingerprint density at radius 3 is 2.83 bits per heavy atom. The van der Waals surface area contributed by atoms with Gasteiger partial charge in [-0.2, -0.15) is 0 Å². The van der Waals surface area contributed by atoms with E-state index in [1.54, 1.807) is 0 Å². The van der Waals surface area contributed by atoms with Crippen LogP contribution in [0.15, 0.2) is 0 Å². The van der Waals surface area contributed by atoms with Crippen molar-refractivity contribution in [1.82, 2.24) is 5.32 Å². The summed E-state index contributed by atoms with van der Waals surface area (Å²) in [5, 5.41) is 3.55. The zero-order valence-electron chi connectivity index (χ0n) is 8.40. The van der Waals surface area contributed by atoms with Gasteiger partial charge in [0.2, 0.25) is 0 Å². The molecule has 2 saturated carbocycles. The summed E-state index contributed by atoms with van der Waals surface area (Å²) in [7, 11) is 2.14. The molecule has 3 unspecified atom stereocenters. The standard InChI is InChI=1S/C11H21N/c1-11(12-2)7-3-4-9-5-6-10(11)8-9/h9-10,12H,3-8H2,1-2H3. The normalized spacial score (nSPS) is 47.5. The van der Waals surface area contributed by atoms with Gasteiger partial charge in [0.15, 0.2) is 0 Å². The van der Waals surface area contributed by atoms with E-state index in [0.29, 0.717) is 5.54 Å². The molecule has 1 heteroatoms. The fourth-order valence-electron chi connectivity index (χ4n) is 3.21. The Morgan fingerprint density at radius 2 is 2.08 bits per heavy atom. The third-order valence-corrected chi connectivity index (χ3v) is 4.32. The summed E-state index contributed by atoms with van der Waals surface area (Å²) in [5.41, 5.74) is 0.464. The Labute approximate surface area is 75.9 Å². The molecule has 3 atom stereocenters. The van der Waals surface area contributed by atoms with Crippen LogP contribution < -0.4 is 5.32 Å². The first-order valence-electron chi connectivity index (χ1n) is 5.43. The second kappa shape index (κ2) is 3.02. The Kier molecular flexibility index (Phi) is 2.16. The number of hydrogen-bond donors (Lipinski definition) is 1. The van der Waals surface area contributed by atoms with Crippen molar-refractivity contribution in [3.8, 4) is 0 Å². The van der Waals surface area contributed by atoms with Crippen molar-refractivity contribution in [3.05, 3.63) is 0 Å². The molecule has 1 nitrogen and oxygen atoms in total. The van der Waals surface area contributed by atoms with Crippen LogP contribution in [0.1, 0.15) is 45.4 Å². The molecular formula is C11H21N. The minimum atomic E-state index is 0.464. The van der Waals surface area contributed by atoms with Crippen molar-refractivity contribution in [1.29, 1.82) is 0 Å². The van der Waals surface area contributed by atoms with Gasteiger partial charge in [-0.25, -0.2) is 0 Å². The highest BCUT2D eigenvalue weighted by atomic mass is 14.9. The van der Waals surface area contributed by atoms with Gasteiger partial charge in [0, 0.05) is 5.54 Å². The van der Waals surface area contributed by atoms with E-state index in [1.165, 1.54) is 38.5 Å². The molecule has 0 spiro atoms. The van der Waals surface area contributed by atoms with Crippen molar-refractivity contribution in [2.75, 3.05) is 7.05 Å². The van der Waals surface area contributed by atoms with Crippen molar-refractivity contribution in [2.24, 2.45) is 11.8 Å². The Hall–Kier alpha value is -0.0400. The molecule has 2 aliphatic carbocycles. The molecule has 0 heterocycles. The van der Waals surface area contributed by atoms with Gasteiger partial charge in [0.1, 0.15) is 0 Å². The van der Waals surface area contributed by atoms with E-state index in [2.05, 4.69) is 19.3 Å². The molecule has 0 radical (unpaired) electrons. The first-order chi connectivity index (χ1) is 5.74. The Bertz CT molecular complexity index is 166. The third-order valence-electron chi connectivity index (χ3n) is 4.32. The number of rotatable bonds is 1. The quantitative estimate of drug-likeness (QED) is 0.633. The molecule has 0 saturated heterocycles. The monoisotopic (exact) mass is 167 g/mol. The van der Waals surface area contributed by atoms with E-state index >= 15 is 0 Å². The zero-order chi connectivity index (χ0) is 8.60. The summed E-state index contributed by atoms with van der Waals surface area (Å²) < 4.78 is 0. The molecule has 0 amide bonds. The lowest BCUT2D eigenvalue weighted by Crippen LogP contribution is -2.45. The minimum absolute atomic E-state index is 0.464. The van der Waals surface area contributed by atoms with Crippen LogP contribution in [-0.4, -0.2) is 12.6 Å². The highest BCUT2D eigenvalue weighted by molar-refractivity contribution is 4.96. The van der Waals surface area contributed by atoms with E-state index in [0.717, 1.165) is 11.8 Å². The number of fused-ring (bicyclic) bond motifs is 2. The van der Waals surface area contributed by atoms with Crippen LogP contribution in [0.4, 0.5) is 0 Å². The van der Waals surface area contributed by atoms with Crippen molar-refractivity contribution >= 4 is 0 Å². The lowest BCUT2D eigenvalue weighted by atomic mass is 9.82. The predicted molar refractivity (Wildman–Crippen MR) is 52.1 cm³/mol. The molecule has 2 bridgehead atoms. The van der Waals surface area contributed by atoms with Crippen LogP contribution in [0.3, 0.4) is 0 Å². The van der Waals surface area contributed by atoms with Gasteiger partial charge in [0.25, 0.3) is 0 Å². The molecule has 0 aliphatic heterocycles. The summed E-state index contributed by atoms with van der Waals surface area (Å²) in [6.07, 6.45) is 8.80. The second-order valence-corrected chi connectivity index (χ2v) is 4.94. The Balaban J connectivity index is 2.13. The molecule has 0 aromatic heterocycles. The molecule has 12 heavy (non-hydrogen) atoms. The van der Waals surface area contributed by atoms with Crippen LogP contribution in [0.5, 0.6) is 0 Å². The first kappa shape index (κ1) is 8.55. The molecule has 70 valence electrons. The van der Waals surface area contributed by atoms with Gasteiger partial charge in [-0.15, -0.1) is 0 Å². The fourth-order valence-corrected chi connectivity index (χ4v) is 3.21. The zero-order valence-corrected chi connectivity index (χ0v) is 8.40. The van der Waals surface area contributed by atoms with Gasteiger partial charge in [0.05, 0.1) is 0 Å². The van der Waals surface area contributed by atoms with E-state index in [1.807, 2.05) is 0 Å². The van der Waals surface area contributed by atoms with Gasteiger partial charge < -0.3 is 5.32 Å². The molecule has 2 fully saturated rings. The van der Waals surface area contributed by atoms with Gasteiger partial charge in [-0.3, -0.25) is 0 Å². The molecule has 2 aliphatic rings. The van der Waals surface area contributed by atoms with Gasteiger partial charge in [-0.1, -0.05) is 19.3 Å². The van der Waals surface area contributed by atoms with Crippen molar-refractivity contribution in [3.63, 3.8) is 0 Å². The minimum Gasteiger partial charge on any atom is -0.314 e. The summed E-state index contributed by atoms with van der Waals surface area (Å²) in [6, 6.07) is 0.